The van der Waals surface area contributed by atoms with Crippen molar-refractivity contribution in [3.8, 4) is 5.75 Å². The Kier molecular flexibility index (Phi) is 4.67. The number of carbonyl (C=O) groups is 2. The van der Waals surface area contributed by atoms with Crippen molar-refractivity contribution >= 4 is 23.6 Å². The number of imide groups is 1. The lowest BCUT2D eigenvalue weighted by Gasteiger charge is -2.15. The van der Waals surface area contributed by atoms with Gasteiger partial charge in [-0.25, -0.2) is 0 Å². The Bertz CT molecular complexity index is 700. The molecule has 3 rings (SSSR count). The van der Waals surface area contributed by atoms with Gasteiger partial charge in [0.25, 0.3) is 0 Å². The number of hydrogen-bond donors (Lipinski definition) is 0. The predicted octanol–water partition coefficient (Wildman–Crippen LogP) is 3.12. The molecule has 5 heteroatoms. The van der Waals surface area contributed by atoms with Crippen LogP contribution in [0.4, 0.5) is 0 Å². The van der Waals surface area contributed by atoms with Crippen LogP contribution in [0.2, 0.25) is 0 Å². The SMILES string of the molecule is COc1ccc(CN2C(=O)CC(Sc3ccccc3)C2=O)cc1. The van der Waals surface area contributed by atoms with Gasteiger partial charge >= 0.3 is 0 Å². The van der Waals surface area contributed by atoms with Crippen molar-refractivity contribution < 1.29 is 14.3 Å². The highest BCUT2D eigenvalue weighted by molar-refractivity contribution is 8.00. The number of likely N-dealkylation sites (tertiary alicyclic amines) is 1. The molecule has 1 heterocycles. The molecular weight excluding hydrogens is 310 g/mol. The highest BCUT2D eigenvalue weighted by atomic mass is 32.2. The lowest BCUT2D eigenvalue weighted by molar-refractivity contribution is -0.138. The Morgan fingerprint density at radius 3 is 2.43 bits per heavy atom. The second-order valence-electron chi connectivity index (χ2n) is 5.29. The first kappa shape index (κ1) is 15.6. The molecule has 1 atom stereocenters. The summed E-state index contributed by atoms with van der Waals surface area (Å²) in [5.74, 6) is 0.532. The van der Waals surface area contributed by atoms with Crippen molar-refractivity contribution in [1.82, 2.24) is 4.90 Å². The summed E-state index contributed by atoms with van der Waals surface area (Å²) in [7, 11) is 1.61. The zero-order chi connectivity index (χ0) is 16.2. The summed E-state index contributed by atoms with van der Waals surface area (Å²) in [6.07, 6.45) is 0.258. The number of amides is 2. The summed E-state index contributed by atoms with van der Waals surface area (Å²) in [6.45, 7) is 0.313. The molecule has 23 heavy (non-hydrogen) atoms. The second kappa shape index (κ2) is 6.87. The van der Waals surface area contributed by atoms with E-state index in [4.69, 9.17) is 4.74 Å². The Morgan fingerprint density at radius 1 is 1.09 bits per heavy atom. The summed E-state index contributed by atoms with van der Waals surface area (Å²) in [5.41, 5.74) is 0.915. The molecule has 1 unspecified atom stereocenters. The van der Waals surface area contributed by atoms with Crippen molar-refractivity contribution in [3.05, 3.63) is 60.2 Å². The molecule has 1 saturated heterocycles. The van der Waals surface area contributed by atoms with E-state index < -0.39 is 0 Å². The minimum absolute atomic E-state index is 0.111. The Labute approximate surface area is 139 Å². The highest BCUT2D eigenvalue weighted by Gasteiger charge is 2.38. The fourth-order valence-corrected chi connectivity index (χ4v) is 3.58. The number of methoxy groups -OCH3 is 1. The Balaban J connectivity index is 1.68. The third-order valence-electron chi connectivity index (χ3n) is 3.72. The maximum atomic E-state index is 12.5. The molecule has 0 aromatic heterocycles. The maximum Gasteiger partial charge on any atom is 0.243 e. The number of thioether (sulfide) groups is 1. The number of nitrogens with zero attached hydrogens (tertiary/aromatic N) is 1. The molecule has 4 nitrogen and oxygen atoms in total. The van der Waals surface area contributed by atoms with Crippen LogP contribution in [-0.2, 0) is 16.1 Å². The number of rotatable bonds is 5. The average molecular weight is 327 g/mol. The average Bonchev–Trinajstić information content (AvgIpc) is 2.84. The normalized spacial score (nSPS) is 17.6. The molecule has 2 aromatic rings. The van der Waals surface area contributed by atoms with Crippen molar-refractivity contribution in [3.63, 3.8) is 0 Å². The summed E-state index contributed by atoms with van der Waals surface area (Å²) < 4.78 is 5.11. The second-order valence-corrected chi connectivity index (χ2v) is 6.57. The van der Waals surface area contributed by atoms with Crippen LogP contribution in [-0.4, -0.2) is 29.1 Å². The van der Waals surface area contributed by atoms with Crippen LogP contribution in [0.25, 0.3) is 0 Å². The van der Waals surface area contributed by atoms with E-state index in [0.717, 1.165) is 16.2 Å². The van der Waals surface area contributed by atoms with Crippen molar-refractivity contribution in [1.29, 1.82) is 0 Å². The standard InChI is InChI=1S/C18H17NO3S/c1-22-14-9-7-13(8-10-14)12-19-17(20)11-16(18(19)21)23-15-5-3-2-4-6-15/h2-10,16H,11-12H2,1H3. The van der Waals surface area contributed by atoms with Crippen LogP contribution < -0.4 is 4.74 Å². The molecular formula is C18H17NO3S. The van der Waals surface area contributed by atoms with Crippen molar-refractivity contribution in [2.75, 3.05) is 7.11 Å². The van der Waals surface area contributed by atoms with Gasteiger partial charge in [0.1, 0.15) is 5.75 Å². The third-order valence-corrected chi connectivity index (χ3v) is 4.92. The quantitative estimate of drug-likeness (QED) is 0.792. The van der Waals surface area contributed by atoms with Gasteiger partial charge in [-0.2, -0.15) is 0 Å². The van der Waals surface area contributed by atoms with E-state index in [0.29, 0.717) is 6.54 Å². The maximum absolute atomic E-state index is 12.5. The van der Waals surface area contributed by atoms with Gasteiger partial charge in [-0.05, 0) is 29.8 Å². The molecule has 0 spiro atoms. The Morgan fingerprint density at radius 2 is 1.78 bits per heavy atom. The number of benzene rings is 2. The molecule has 0 bridgehead atoms. The predicted molar refractivity (Wildman–Crippen MR) is 89.3 cm³/mol. The molecule has 0 aliphatic carbocycles. The topological polar surface area (TPSA) is 46.6 Å². The van der Waals surface area contributed by atoms with Crippen molar-refractivity contribution in [2.45, 2.75) is 23.1 Å². The number of ether oxygens (including phenoxy) is 1. The molecule has 1 fully saturated rings. The minimum Gasteiger partial charge on any atom is -0.497 e. The smallest absolute Gasteiger partial charge is 0.243 e. The lowest BCUT2D eigenvalue weighted by atomic mass is 10.2. The molecule has 0 N–H and O–H groups in total. The summed E-state index contributed by atoms with van der Waals surface area (Å²) in [4.78, 5) is 27.0. The molecule has 118 valence electrons. The van der Waals surface area contributed by atoms with Crippen LogP contribution in [0.15, 0.2) is 59.5 Å². The Hall–Kier alpha value is -2.27. The van der Waals surface area contributed by atoms with E-state index in [9.17, 15) is 9.59 Å². The zero-order valence-corrected chi connectivity index (χ0v) is 13.6. The van der Waals surface area contributed by atoms with Gasteiger partial charge in [-0.15, -0.1) is 11.8 Å². The van der Waals surface area contributed by atoms with Crippen molar-refractivity contribution in [2.24, 2.45) is 0 Å². The van der Waals surface area contributed by atoms with Crippen LogP contribution in [0, 0.1) is 0 Å². The van der Waals surface area contributed by atoms with E-state index in [2.05, 4.69) is 0 Å². The molecule has 2 amide bonds. The van der Waals surface area contributed by atoms with E-state index in [1.54, 1.807) is 7.11 Å². The fraction of sp³-hybridized carbons (Fsp3) is 0.222. The van der Waals surface area contributed by atoms with Crippen LogP contribution >= 0.6 is 11.8 Å². The first-order valence-electron chi connectivity index (χ1n) is 7.36. The largest absolute Gasteiger partial charge is 0.497 e. The third kappa shape index (κ3) is 3.56. The highest BCUT2D eigenvalue weighted by Crippen LogP contribution is 2.32. The van der Waals surface area contributed by atoms with E-state index in [1.165, 1.54) is 16.7 Å². The van der Waals surface area contributed by atoms with Gasteiger partial charge in [-0.1, -0.05) is 30.3 Å². The first-order chi connectivity index (χ1) is 11.2. The van der Waals surface area contributed by atoms with Gasteiger partial charge < -0.3 is 4.74 Å². The first-order valence-corrected chi connectivity index (χ1v) is 8.24. The number of carbonyl (C=O) groups excluding carboxylic acids is 2. The molecule has 2 aromatic carbocycles. The van der Waals surface area contributed by atoms with E-state index >= 15 is 0 Å². The molecule has 1 aliphatic heterocycles. The molecule has 1 aliphatic rings. The minimum atomic E-state index is -0.330. The summed E-state index contributed by atoms with van der Waals surface area (Å²) in [6, 6.07) is 17.1. The van der Waals surface area contributed by atoms with Gasteiger partial charge in [0.05, 0.1) is 18.9 Å². The van der Waals surface area contributed by atoms with Gasteiger partial charge in [0.2, 0.25) is 11.8 Å². The van der Waals surface area contributed by atoms with Gasteiger partial charge in [-0.3, -0.25) is 14.5 Å². The van der Waals surface area contributed by atoms with Crippen LogP contribution in [0.5, 0.6) is 5.75 Å². The summed E-state index contributed by atoms with van der Waals surface area (Å²) >= 11 is 1.45. The molecule has 0 saturated carbocycles. The van der Waals surface area contributed by atoms with Gasteiger partial charge in [0, 0.05) is 11.3 Å². The number of hydrogen-bond acceptors (Lipinski definition) is 4. The molecule has 0 radical (unpaired) electrons. The monoisotopic (exact) mass is 327 g/mol. The zero-order valence-electron chi connectivity index (χ0n) is 12.8. The van der Waals surface area contributed by atoms with Crippen LogP contribution in [0.3, 0.4) is 0 Å². The van der Waals surface area contributed by atoms with E-state index in [-0.39, 0.29) is 23.5 Å². The van der Waals surface area contributed by atoms with Gasteiger partial charge in [0.15, 0.2) is 0 Å². The lowest BCUT2D eigenvalue weighted by Crippen LogP contribution is -2.30. The van der Waals surface area contributed by atoms with E-state index in [1.807, 2.05) is 54.6 Å². The van der Waals surface area contributed by atoms with Crippen LogP contribution in [0.1, 0.15) is 12.0 Å². The fourth-order valence-electron chi connectivity index (χ4n) is 2.49. The summed E-state index contributed by atoms with van der Waals surface area (Å²) in [5, 5.41) is -0.330.